The summed E-state index contributed by atoms with van der Waals surface area (Å²) < 4.78 is 5.07. The van der Waals surface area contributed by atoms with Crippen molar-refractivity contribution in [2.24, 2.45) is 0 Å². The molecule has 23 heavy (non-hydrogen) atoms. The van der Waals surface area contributed by atoms with Gasteiger partial charge in [0.25, 0.3) is 5.69 Å². The third-order valence-corrected chi connectivity index (χ3v) is 4.08. The fraction of sp³-hybridized carbons (Fsp3) is 0.562. The van der Waals surface area contributed by atoms with Gasteiger partial charge in [-0.3, -0.25) is 14.9 Å². The van der Waals surface area contributed by atoms with Crippen LogP contribution in [0.1, 0.15) is 18.4 Å². The molecule has 0 aliphatic carbocycles. The van der Waals surface area contributed by atoms with Crippen molar-refractivity contribution in [1.29, 1.82) is 0 Å². The summed E-state index contributed by atoms with van der Waals surface area (Å²) in [6.45, 7) is 3.59. The Balaban J connectivity index is 1.74. The second-order valence-corrected chi connectivity index (χ2v) is 5.78. The summed E-state index contributed by atoms with van der Waals surface area (Å²) in [6.07, 6.45) is 2.13. The van der Waals surface area contributed by atoms with Gasteiger partial charge in [-0.15, -0.1) is 0 Å². The van der Waals surface area contributed by atoms with Crippen LogP contribution in [0.4, 0.5) is 5.69 Å². The maximum absolute atomic E-state index is 12.1. The predicted octanol–water partition coefficient (Wildman–Crippen LogP) is 1.36. The number of hydrogen-bond acceptors (Lipinski definition) is 5. The number of nitrogens with zero attached hydrogens (tertiary/aromatic N) is 2. The van der Waals surface area contributed by atoms with E-state index in [0.717, 1.165) is 44.6 Å². The summed E-state index contributed by atoms with van der Waals surface area (Å²) in [7, 11) is 1.70. The molecule has 1 saturated heterocycles. The number of benzene rings is 1. The number of likely N-dealkylation sites (tertiary alicyclic amines) is 1. The number of nitro benzene ring substituents is 1. The summed E-state index contributed by atoms with van der Waals surface area (Å²) >= 11 is 0. The molecule has 0 atom stereocenters. The summed E-state index contributed by atoms with van der Waals surface area (Å²) in [5, 5.41) is 13.7. The summed E-state index contributed by atoms with van der Waals surface area (Å²) in [4.78, 5) is 24.6. The number of piperidine rings is 1. The number of carbonyl (C=O) groups excluding carboxylic acids is 1. The number of carbonyl (C=O) groups is 1. The molecule has 1 aromatic rings. The van der Waals surface area contributed by atoms with Crippen LogP contribution < -0.4 is 5.32 Å². The molecular weight excluding hydrogens is 298 g/mol. The first-order valence-corrected chi connectivity index (χ1v) is 7.82. The van der Waals surface area contributed by atoms with Crippen LogP contribution in [0.3, 0.4) is 0 Å². The Bertz CT molecular complexity index is 525. The fourth-order valence-electron chi connectivity index (χ4n) is 2.72. The molecule has 0 radical (unpaired) electrons. The van der Waals surface area contributed by atoms with Gasteiger partial charge in [0.1, 0.15) is 0 Å². The highest BCUT2D eigenvalue weighted by molar-refractivity contribution is 5.78. The zero-order chi connectivity index (χ0) is 16.7. The van der Waals surface area contributed by atoms with Gasteiger partial charge in [-0.25, -0.2) is 0 Å². The lowest BCUT2D eigenvalue weighted by Gasteiger charge is -2.32. The van der Waals surface area contributed by atoms with Crippen molar-refractivity contribution < 1.29 is 14.5 Å². The SMILES string of the molecule is COCCN1CCC(NC(=O)Cc2ccc([N+](=O)[O-])cc2)CC1. The van der Waals surface area contributed by atoms with Crippen molar-refractivity contribution in [3.8, 4) is 0 Å². The Kier molecular flexibility index (Phi) is 6.49. The highest BCUT2D eigenvalue weighted by Gasteiger charge is 2.20. The predicted molar refractivity (Wildman–Crippen MR) is 86.3 cm³/mol. The maximum atomic E-state index is 12.1. The molecule has 0 aromatic heterocycles. The molecular formula is C16H23N3O4. The smallest absolute Gasteiger partial charge is 0.269 e. The number of non-ortho nitro benzene ring substituents is 1. The van der Waals surface area contributed by atoms with Crippen LogP contribution in [0, 0.1) is 10.1 Å². The molecule has 1 N–H and O–H groups in total. The van der Waals surface area contributed by atoms with Crippen LogP contribution >= 0.6 is 0 Å². The Labute approximate surface area is 135 Å². The van der Waals surface area contributed by atoms with E-state index >= 15 is 0 Å². The van der Waals surface area contributed by atoms with Crippen molar-refractivity contribution in [1.82, 2.24) is 10.2 Å². The molecule has 0 bridgehead atoms. The van der Waals surface area contributed by atoms with E-state index in [1.165, 1.54) is 12.1 Å². The van der Waals surface area contributed by atoms with E-state index in [0.29, 0.717) is 0 Å². The zero-order valence-electron chi connectivity index (χ0n) is 13.4. The first-order valence-electron chi connectivity index (χ1n) is 7.82. The fourth-order valence-corrected chi connectivity index (χ4v) is 2.72. The van der Waals surface area contributed by atoms with Crippen LogP contribution in [0.15, 0.2) is 24.3 Å². The van der Waals surface area contributed by atoms with E-state index in [1.807, 2.05) is 0 Å². The first-order chi connectivity index (χ1) is 11.1. The van der Waals surface area contributed by atoms with E-state index in [1.54, 1.807) is 19.2 Å². The highest BCUT2D eigenvalue weighted by Crippen LogP contribution is 2.13. The lowest BCUT2D eigenvalue weighted by Crippen LogP contribution is -2.45. The summed E-state index contributed by atoms with van der Waals surface area (Å²) in [5.74, 6) is -0.0332. The molecule has 1 amide bonds. The van der Waals surface area contributed by atoms with Gasteiger partial charge in [0.05, 0.1) is 18.0 Å². The molecule has 1 fully saturated rings. The number of hydrogen-bond donors (Lipinski definition) is 1. The van der Waals surface area contributed by atoms with Gasteiger partial charge in [-0.1, -0.05) is 12.1 Å². The molecule has 1 heterocycles. The number of nitro groups is 1. The number of nitrogens with one attached hydrogen (secondary N) is 1. The van der Waals surface area contributed by atoms with Crippen molar-refractivity contribution in [3.05, 3.63) is 39.9 Å². The molecule has 1 aromatic carbocycles. The minimum absolute atomic E-state index is 0.0332. The van der Waals surface area contributed by atoms with E-state index < -0.39 is 4.92 Å². The molecule has 7 nitrogen and oxygen atoms in total. The Hall–Kier alpha value is -1.99. The number of methoxy groups -OCH3 is 1. The van der Waals surface area contributed by atoms with Crippen molar-refractivity contribution in [3.63, 3.8) is 0 Å². The van der Waals surface area contributed by atoms with E-state index in [2.05, 4.69) is 10.2 Å². The summed E-state index contributed by atoms with van der Waals surface area (Å²) in [5.41, 5.74) is 0.822. The van der Waals surface area contributed by atoms with E-state index in [9.17, 15) is 14.9 Å². The Morgan fingerprint density at radius 3 is 2.57 bits per heavy atom. The third kappa shape index (κ3) is 5.61. The van der Waals surface area contributed by atoms with Gasteiger partial charge >= 0.3 is 0 Å². The second kappa shape index (κ2) is 8.59. The molecule has 0 spiro atoms. The van der Waals surface area contributed by atoms with Crippen LogP contribution in [-0.4, -0.2) is 55.1 Å². The largest absolute Gasteiger partial charge is 0.383 e. The van der Waals surface area contributed by atoms with Crippen LogP contribution in [-0.2, 0) is 16.0 Å². The molecule has 0 saturated carbocycles. The minimum atomic E-state index is -0.443. The lowest BCUT2D eigenvalue weighted by atomic mass is 10.0. The number of amides is 1. The van der Waals surface area contributed by atoms with E-state index in [4.69, 9.17) is 4.74 Å². The number of ether oxygens (including phenoxy) is 1. The van der Waals surface area contributed by atoms with Crippen LogP contribution in [0.5, 0.6) is 0 Å². The quantitative estimate of drug-likeness (QED) is 0.605. The topological polar surface area (TPSA) is 84.7 Å². The molecule has 126 valence electrons. The molecule has 2 rings (SSSR count). The van der Waals surface area contributed by atoms with Gasteiger partial charge < -0.3 is 15.0 Å². The van der Waals surface area contributed by atoms with Crippen molar-refractivity contribution in [2.45, 2.75) is 25.3 Å². The molecule has 1 aliphatic heterocycles. The maximum Gasteiger partial charge on any atom is 0.269 e. The summed E-state index contributed by atoms with van der Waals surface area (Å²) in [6, 6.07) is 6.32. The van der Waals surface area contributed by atoms with Crippen LogP contribution in [0.2, 0.25) is 0 Å². The second-order valence-electron chi connectivity index (χ2n) is 5.78. The first kappa shape index (κ1) is 17.4. The van der Waals surface area contributed by atoms with Gasteiger partial charge in [0.15, 0.2) is 0 Å². The monoisotopic (exact) mass is 321 g/mol. The molecule has 7 heteroatoms. The Morgan fingerprint density at radius 1 is 1.35 bits per heavy atom. The van der Waals surface area contributed by atoms with Crippen molar-refractivity contribution in [2.75, 3.05) is 33.4 Å². The van der Waals surface area contributed by atoms with Gasteiger partial charge in [-0.05, 0) is 18.4 Å². The molecule has 1 aliphatic rings. The minimum Gasteiger partial charge on any atom is -0.383 e. The molecule has 0 unspecified atom stereocenters. The average molecular weight is 321 g/mol. The highest BCUT2D eigenvalue weighted by atomic mass is 16.6. The number of rotatable bonds is 7. The van der Waals surface area contributed by atoms with E-state index in [-0.39, 0.29) is 24.1 Å². The zero-order valence-corrected chi connectivity index (χ0v) is 13.4. The normalized spacial score (nSPS) is 16.2. The standard InChI is InChI=1S/C16H23N3O4/c1-23-11-10-18-8-6-14(7-9-18)17-16(20)12-13-2-4-15(5-3-13)19(21)22/h2-5,14H,6-12H2,1H3,(H,17,20). The van der Waals surface area contributed by atoms with Gasteiger partial charge in [-0.2, -0.15) is 0 Å². The lowest BCUT2D eigenvalue weighted by molar-refractivity contribution is -0.384. The van der Waals surface area contributed by atoms with Gasteiger partial charge in [0.2, 0.25) is 5.91 Å². The Morgan fingerprint density at radius 2 is 2.00 bits per heavy atom. The third-order valence-electron chi connectivity index (χ3n) is 4.08. The average Bonchev–Trinajstić information content (AvgIpc) is 2.54. The van der Waals surface area contributed by atoms with Gasteiger partial charge in [0, 0.05) is 44.9 Å². The van der Waals surface area contributed by atoms with Crippen LogP contribution in [0.25, 0.3) is 0 Å². The van der Waals surface area contributed by atoms with Crippen molar-refractivity contribution >= 4 is 11.6 Å².